The zero-order valence-electron chi connectivity index (χ0n) is 33.2. The van der Waals surface area contributed by atoms with Gasteiger partial charge in [0.2, 0.25) is 0 Å². The van der Waals surface area contributed by atoms with Crippen LogP contribution in [-0.4, -0.2) is 41.0 Å². The maximum absolute atomic E-state index is 12.4. The van der Waals surface area contributed by atoms with E-state index < -0.39 is 32.5 Å². The summed E-state index contributed by atoms with van der Waals surface area (Å²) >= 11 is 0. The predicted molar refractivity (Wildman–Crippen MR) is 216 cm³/mol. The molecule has 0 aromatic rings. The maximum atomic E-state index is 12.4. The summed E-state index contributed by atoms with van der Waals surface area (Å²) < 4.78 is 26.4. The van der Waals surface area contributed by atoms with Crippen molar-refractivity contribution in [3.63, 3.8) is 0 Å². The van der Waals surface area contributed by atoms with Crippen LogP contribution in [0, 0.1) is 0 Å². The molecule has 0 rings (SSSR count). The second-order valence-corrected chi connectivity index (χ2v) is 15.2. The SMILES string of the molecule is CCCCCC/C=C\C/C=C\CCCCCCCCCC(=O)OC(COC(=O)CCCCCCC/C=C\C/C=C\CCCCCC)COP(=O)(O)O. The number of ether oxygens (including phenoxy) is 2. The molecule has 0 aromatic heterocycles. The van der Waals surface area contributed by atoms with E-state index in [-0.39, 0.29) is 19.4 Å². The predicted octanol–water partition coefficient (Wildman–Crippen LogP) is 12.7. The van der Waals surface area contributed by atoms with Crippen LogP contribution in [-0.2, 0) is 28.2 Å². The standard InChI is InChI=1S/C43H77O8P/c1-3-5-7-9-11-13-15-17-19-21-22-24-26-28-30-32-34-36-38-43(45)51-41(40-50-52(46,47)48)39-49-42(44)37-35-33-31-29-27-25-23-20-18-16-14-12-10-8-6-4-2/h13-16,19-21,23,41H,3-12,17-18,22,24-40H2,1-2H3,(H2,46,47,48)/b15-13-,16-14-,21-19-,23-20-. The molecule has 0 aliphatic carbocycles. The molecule has 0 heterocycles. The molecule has 2 N–H and O–H groups in total. The van der Waals surface area contributed by atoms with E-state index in [9.17, 15) is 14.2 Å². The molecule has 0 aromatic carbocycles. The van der Waals surface area contributed by atoms with Crippen LogP contribution in [0.15, 0.2) is 48.6 Å². The van der Waals surface area contributed by atoms with Crippen molar-refractivity contribution >= 4 is 19.8 Å². The van der Waals surface area contributed by atoms with Crippen molar-refractivity contribution in [1.82, 2.24) is 0 Å². The molecule has 0 amide bonds. The molecule has 52 heavy (non-hydrogen) atoms. The summed E-state index contributed by atoms with van der Waals surface area (Å²) in [5.41, 5.74) is 0. The Bertz CT molecular complexity index is 984. The summed E-state index contributed by atoms with van der Waals surface area (Å²) in [5.74, 6) is -0.909. The summed E-state index contributed by atoms with van der Waals surface area (Å²) in [4.78, 5) is 42.8. The smallest absolute Gasteiger partial charge is 0.462 e. The van der Waals surface area contributed by atoms with Gasteiger partial charge in [-0.1, -0.05) is 152 Å². The first-order chi connectivity index (χ1) is 25.3. The number of phosphoric acid groups is 1. The van der Waals surface area contributed by atoms with Gasteiger partial charge in [0.1, 0.15) is 6.61 Å². The van der Waals surface area contributed by atoms with Crippen molar-refractivity contribution in [3.8, 4) is 0 Å². The average molecular weight is 753 g/mol. The largest absolute Gasteiger partial charge is 0.469 e. The van der Waals surface area contributed by atoms with E-state index in [1.54, 1.807) is 0 Å². The third-order valence-corrected chi connectivity index (χ3v) is 9.31. The number of hydrogen-bond donors (Lipinski definition) is 2. The Morgan fingerprint density at radius 3 is 1.27 bits per heavy atom. The molecular formula is C43H77O8P. The first-order valence-corrected chi connectivity index (χ1v) is 22.5. The summed E-state index contributed by atoms with van der Waals surface area (Å²) in [6, 6.07) is 0. The number of hydrogen-bond acceptors (Lipinski definition) is 6. The van der Waals surface area contributed by atoms with Crippen LogP contribution in [0.25, 0.3) is 0 Å². The summed E-state index contributed by atoms with van der Waals surface area (Å²) in [6.07, 6.45) is 46.8. The van der Waals surface area contributed by atoms with Gasteiger partial charge in [0, 0.05) is 12.8 Å². The van der Waals surface area contributed by atoms with Gasteiger partial charge >= 0.3 is 19.8 Å². The quantitative estimate of drug-likeness (QED) is 0.0277. The highest BCUT2D eigenvalue weighted by Gasteiger charge is 2.22. The number of esters is 2. The van der Waals surface area contributed by atoms with Gasteiger partial charge < -0.3 is 19.3 Å². The Morgan fingerprint density at radius 2 is 0.865 bits per heavy atom. The van der Waals surface area contributed by atoms with E-state index in [0.29, 0.717) is 12.8 Å². The van der Waals surface area contributed by atoms with Gasteiger partial charge in [-0.3, -0.25) is 14.1 Å². The Labute approximate surface area is 318 Å². The molecule has 302 valence electrons. The zero-order chi connectivity index (χ0) is 38.2. The Kier molecular flexibility index (Phi) is 37.2. The van der Waals surface area contributed by atoms with E-state index in [1.807, 2.05) is 0 Å². The lowest BCUT2D eigenvalue weighted by molar-refractivity contribution is -0.161. The van der Waals surface area contributed by atoms with Gasteiger partial charge in [-0.05, 0) is 77.0 Å². The van der Waals surface area contributed by atoms with E-state index in [0.717, 1.165) is 70.6 Å². The summed E-state index contributed by atoms with van der Waals surface area (Å²) in [5, 5.41) is 0. The molecule has 1 atom stereocenters. The van der Waals surface area contributed by atoms with Crippen molar-refractivity contribution in [2.24, 2.45) is 0 Å². The van der Waals surface area contributed by atoms with Gasteiger partial charge in [-0.15, -0.1) is 0 Å². The minimum atomic E-state index is -4.76. The van der Waals surface area contributed by atoms with Crippen molar-refractivity contribution in [3.05, 3.63) is 48.6 Å². The molecular weight excluding hydrogens is 675 g/mol. The number of rotatable bonds is 38. The highest BCUT2D eigenvalue weighted by molar-refractivity contribution is 7.46. The number of carbonyl (C=O) groups is 2. The van der Waals surface area contributed by atoms with Gasteiger partial charge in [-0.25, -0.2) is 4.57 Å². The molecule has 0 bridgehead atoms. The van der Waals surface area contributed by atoms with Crippen LogP contribution < -0.4 is 0 Å². The van der Waals surface area contributed by atoms with Crippen molar-refractivity contribution in [2.45, 2.75) is 200 Å². The lowest BCUT2D eigenvalue weighted by Gasteiger charge is -2.18. The van der Waals surface area contributed by atoms with Crippen LogP contribution in [0.4, 0.5) is 0 Å². The van der Waals surface area contributed by atoms with Gasteiger partial charge in [-0.2, -0.15) is 0 Å². The molecule has 0 saturated heterocycles. The van der Waals surface area contributed by atoms with Crippen LogP contribution >= 0.6 is 7.82 Å². The molecule has 8 nitrogen and oxygen atoms in total. The Morgan fingerprint density at radius 1 is 0.500 bits per heavy atom. The molecule has 0 spiro atoms. The van der Waals surface area contributed by atoms with E-state index in [4.69, 9.17) is 19.3 Å². The van der Waals surface area contributed by atoms with Gasteiger partial charge in [0.05, 0.1) is 6.61 Å². The van der Waals surface area contributed by atoms with Crippen LogP contribution in [0.3, 0.4) is 0 Å². The third-order valence-electron chi connectivity index (χ3n) is 8.82. The monoisotopic (exact) mass is 753 g/mol. The van der Waals surface area contributed by atoms with Crippen LogP contribution in [0.1, 0.15) is 194 Å². The normalized spacial score (nSPS) is 12.9. The lowest BCUT2D eigenvalue weighted by atomic mass is 10.1. The minimum Gasteiger partial charge on any atom is -0.462 e. The Balaban J connectivity index is 3.96. The molecule has 9 heteroatoms. The highest BCUT2D eigenvalue weighted by Crippen LogP contribution is 2.36. The van der Waals surface area contributed by atoms with E-state index in [2.05, 4.69) is 67.0 Å². The lowest BCUT2D eigenvalue weighted by Crippen LogP contribution is -2.29. The van der Waals surface area contributed by atoms with E-state index >= 15 is 0 Å². The summed E-state index contributed by atoms with van der Waals surface area (Å²) in [7, 11) is -4.76. The van der Waals surface area contributed by atoms with E-state index in [1.165, 1.54) is 83.5 Å². The first-order valence-electron chi connectivity index (χ1n) is 20.9. The maximum Gasteiger partial charge on any atom is 0.469 e. The fourth-order valence-electron chi connectivity index (χ4n) is 5.67. The first kappa shape index (κ1) is 50.0. The van der Waals surface area contributed by atoms with Crippen LogP contribution in [0.2, 0.25) is 0 Å². The third kappa shape index (κ3) is 40.8. The minimum absolute atomic E-state index is 0.199. The van der Waals surface area contributed by atoms with Crippen molar-refractivity contribution < 1.29 is 37.9 Å². The molecule has 0 aliphatic rings. The fraction of sp³-hybridized carbons (Fsp3) is 0.767. The zero-order valence-corrected chi connectivity index (χ0v) is 34.1. The Hall–Kier alpha value is -1.99. The van der Waals surface area contributed by atoms with Crippen LogP contribution in [0.5, 0.6) is 0 Å². The van der Waals surface area contributed by atoms with Crippen molar-refractivity contribution in [2.75, 3.05) is 13.2 Å². The topological polar surface area (TPSA) is 119 Å². The molecule has 0 aliphatic heterocycles. The summed E-state index contributed by atoms with van der Waals surface area (Å²) in [6.45, 7) is 3.63. The second-order valence-electron chi connectivity index (χ2n) is 14.0. The van der Waals surface area contributed by atoms with Crippen molar-refractivity contribution in [1.29, 1.82) is 0 Å². The number of allylic oxidation sites excluding steroid dienone is 8. The average Bonchev–Trinajstić information content (AvgIpc) is 3.11. The molecule has 0 radical (unpaired) electrons. The number of unbranched alkanes of at least 4 members (excludes halogenated alkanes) is 20. The highest BCUT2D eigenvalue weighted by atomic mass is 31.2. The van der Waals surface area contributed by atoms with Gasteiger partial charge in [0.25, 0.3) is 0 Å². The molecule has 1 unspecified atom stereocenters. The number of carbonyl (C=O) groups excluding carboxylic acids is 2. The molecule has 0 fully saturated rings. The molecule has 0 saturated carbocycles. The van der Waals surface area contributed by atoms with Gasteiger partial charge in [0.15, 0.2) is 6.10 Å². The number of phosphoric ester groups is 1. The fourth-order valence-corrected chi connectivity index (χ4v) is 6.03. The second kappa shape index (κ2) is 38.7.